The highest BCUT2D eigenvalue weighted by Crippen LogP contribution is 2.23. The number of fused-ring (bicyclic) bond motifs is 1. The van der Waals surface area contributed by atoms with Gasteiger partial charge in [-0.25, -0.2) is 0 Å². The molecular weight excluding hydrogens is 423 g/mol. The molecule has 0 saturated carbocycles. The number of benzene rings is 3. The van der Waals surface area contributed by atoms with Gasteiger partial charge in [0.25, 0.3) is 5.91 Å². The first-order valence-electron chi connectivity index (χ1n) is 9.19. The van der Waals surface area contributed by atoms with E-state index in [1.807, 2.05) is 12.1 Å². The number of carbonyl (C=O) groups excluding carboxylic acids is 1. The van der Waals surface area contributed by atoms with Crippen molar-refractivity contribution in [2.24, 2.45) is 0 Å². The standard InChI is InChI=1S/C22H18Cl2N4O2/c1-22(2,30-18-10-5-15(24)6-11-18)21(29)25-16-7-12-19-20(13-16)27-28(26-19)17-8-3-14(23)4-9-17/h3-13H,1-2H3,(H,25,29). The van der Waals surface area contributed by atoms with Crippen LogP contribution in [0.15, 0.2) is 66.7 Å². The summed E-state index contributed by atoms with van der Waals surface area (Å²) in [6, 6.07) is 19.4. The Kier molecular flexibility index (Phi) is 5.37. The van der Waals surface area contributed by atoms with Crippen LogP contribution in [0.2, 0.25) is 10.0 Å². The molecule has 1 aromatic heterocycles. The Bertz CT molecular complexity index is 1200. The van der Waals surface area contributed by atoms with Crippen molar-refractivity contribution in [2.75, 3.05) is 5.32 Å². The number of ether oxygens (including phenoxy) is 1. The van der Waals surface area contributed by atoms with Crippen LogP contribution in [0.3, 0.4) is 0 Å². The van der Waals surface area contributed by atoms with Crippen LogP contribution in [0.1, 0.15) is 13.8 Å². The summed E-state index contributed by atoms with van der Waals surface area (Å²) in [5, 5.41) is 13.1. The number of rotatable bonds is 5. The Morgan fingerprint density at radius 3 is 2.17 bits per heavy atom. The van der Waals surface area contributed by atoms with Gasteiger partial charge in [0.15, 0.2) is 5.60 Å². The molecule has 0 atom stereocenters. The van der Waals surface area contributed by atoms with Gasteiger partial charge in [-0.05, 0) is 80.6 Å². The number of halogens is 2. The number of nitrogens with zero attached hydrogens (tertiary/aromatic N) is 3. The van der Waals surface area contributed by atoms with Crippen molar-refractivity contribution in [3.8, 4) is 11.4 Å². The fourth-order valence-electron chi connectivity index (χ4n) is 2.81. The highest BCUT2D eigenvalue weighted by Gasteiger charge is 2.30. The van der Waals surface area contributed by atoms with Gasteiger partial charge < -0.3 is 10.1 Å². The minimum absolute atomic E-state index is 0.290. The van der Waals surface area contributed by atoms with Crippen molar-refractivity contribution in [1.82, 2.24) is 15.0 Å². The highest BCUT2D eigenvalue weighted by molar-refractivity contribution is 6.30. The topological polar surface area (TPSA) is 69.0 Å². The molecule has 0 saturated heterocycles. The Labute approximate surface area is 183 Å². The third kappa shape index (κ3) is 4.40. The molecule has 0 bridgehead atoms. The summed E-state index contributed by atoms with van der Waals surface area (Å²) >= 11 is 11.8. The minimum Gasteiger partial charge on any atom is -0.478 e. The molecule has 0 aliphatic carbocycles. The van der Waals surface area contributed by atoms with Crippen LogP contribution in [0.5, 0.6) is 5.75 Å². The fraction of sp³-hybridized carbons (Fsp3) is 0.136. The zero-order valence-electron chi connectivity index (χ0n) is 16.3. The Hall–Kier alpha value is -3.09. The summed E-state index contributed by atoms with van der Waals surface area (Å²) in [6.45, 7) is 3.40. The molecule has 152 valence electrons. The normalized spacial score (nSPS) is 11.5. The molecule has 0 radical (unpaired) electrons. The first kappa shape index (κ1) is 20.2. The first-order valence-corrected chi connectivity index (χ1v) is 9.95. The molecule has 1 N–H and O–H groups in total. The quantitative estimate of drug-likeness (QED) is 0.443. The average Bonchev–Trinajstić information content (AvgIpc) is 3.13. The Balaban J connectivity index is 1.52. The Morgan fingerprint density at radius 2 is 1.50 bits per heavy atom. The van der Waals surface area contributed by atoms with Crippen LogP contribution in [-0.2, 0) is 4.79 Å². The number of hydrogen-bond donors (Lipinski definition) is 1. The zero-order chi connectivity index (χ0) is 21.3. The van der Waals surface area contributed by atoms with Crippen LogP contribution >= 0.6 is 23.2 Å². The molecule has 6 nitrogen and oxygen atoms in total. The maximum Gasteiger partial charge on any atom is 0.267 e. The fourth-order valence-corrected chi connectivity index (χ4v) is 3.06. The van der Waals surface area contributed by atoms with E-state index < -0.39 is 5.60 Å². The monoisotopic (exact) mass is 440 g/mol. The number of nitrogens with one attached hydrogen (secondary N) is 1. The van der Waals surface area contributed by atoms with Gasteiger partial charge in [0.1, 0.15) is 16.8 Å². The van der Waals surface area contributed by atoms with E-state index in [1.165, 1.54) is 4.80 Å². The van der Waals surface area contributed by atoms with E-state index >= 15 is 0 Å². The minimum atomic E-state index is -1.09. The van der Waals surface area contributed by atoms with Crippen LogP contribution in [0.4, 0.5) is 5.69 Å². The van der Waals surface area contributed by atoms with Gasteiger partial charge in [0, 0.05) is 15.7 Å². The molecular formula is C22H18Cl2N4O2. The van der Waals surface area contributed by atoms with E-state index in [0.717, 1.165) is 5.69 Å². The van der Waals surface area contributed by atoms with Crippen molar-refractivity contribution >= 4 is 45.8 Å². The third-order valence-electron chi connectivity index (χ3n) is 4.43. The van der Waals surface area contributed by atoms with Crippen molar-refractivity contribution in [3.63, 3.8) is 0 Å². The maximum atomic E-state index is 12.8. The molecule has 0 spiro atoms. The molecule has 4 rings (SSSR count). The van der Waals surface area contributed by atoms with Gasteiger partial charge in [-0.2, -0.15) is 4.80 Å². The van der Waals surface area contributed by atoms with Gasteiger partial charge in [-0.1, -0.05) is 23.2 Å². The number of anilines is 1. The van der Waals surface area contributed by atoms with E-state index in [-0.39, 0.29) is 5.91 Å². The smallest absolute Gasteiger partial charge is 0.267 e. The summed E-state index contributed by atoms with van der Waals surface area (Å²) < 4.78 is 5.84. The second-order valence-corrected chi connectivity index (χ2v) is 8.06. The van der Waals surface area contributed by atoms with Gasteiger partial charge in [0.05, 0.1) is 5.69 Å². The number of carbonyl (C=O) groups is 1. The summed E-state index contributed by atoms with van der Waals surface area (Å²) in [4.78, 5) is 14.3. The molecule has 1 amide bonds. The van der Waals surface area contributed by atoms with E-state index in [9.17, 15) is 4.79 Å². The van der Waals surface area contributed by atoms with Gasteiger partial charge >= 0.3 is 0 Å². The SMILES string of the molecule is CC(C)(Oc1ccc(Cl)cc1)C(=O)Nc1ccc2nn(-c3ccc(Cl)cc3)nc2c1. The second-order valence-electron chi connectivity index (χ2n) is 7.19. The lowest BCUT2D eigenvalue weighted by Gasteiger charge is -2.25. The molecule has 0 fully saturated rings. The molecule has 0 aliphatic heterocycles. The Morgan fingerprint density at radius 1 is 0.900 bits per heavy atom. The van der Waals surface area contributed by atoms with Crippen molar-refractivity contribution in [3.05, 3.63) is 76.8 Å². The lowest BCUT2D eigenvalue weighted by atomic mass is 10.1. The number of hydrogen-bond acceptors (Lipinski definition) is 4. The van der Waals surface area contributed by atoms with Crippen LogP contribution < -0.4 is 10.1 Å². The van der Waals surface area contributed by atoms with Gasteiger partial charge in [-0.15, -0.1) is 10.2 Å². The summed E-state index contributed by atoms with van der Waals surface area (Å²) in [6.07, 6.45) is 0. The highest BCUT2D eigenvalue weighted by atomic mass is 35.5. The molecule has 1 heterocycles. The average molecular weight is 441 g/mol. The van der Waals surface area contributed by atoms with Crippen molar-refractivity contribution in [1.29, 1.82) is 0 Å². The lowest BCUT2D eigenvalue weighted by Crippen LogP contribution is -2.42. The van der Waals surface area contributed by atoms with Gasteiger partial charge in [-0.3, -0.25) is 4.79 Å². The van der Waals surface area contributed by atoms with Crippen LogP contribution in [0, 0.1) is 0 Å². The largest absolute Gasteiger partial charge is 0.478 e. The summed E-state index contributed by atoms with van der Waals surface area (Å²) in [7, 11) is 0. The third-order valence-corrected chi connectivity index (χ3v) is 4.93. The molecule has 3 aromatic carbocycles. The van der Waals surface area contributed by atoms with E-state index in [4.69, 9.17) is 27.9 Å². The van der Waals surface area contributed by atoms with Crippen molar-refractivity contribution < 1.29 is 9.53 Å². The summed E-state index contributed by atoms with van der Waals surface area (Å²) in [5.74, 6) is 0.266. The molecule has 0 unspecified atom stereocenters. The molecule has 0 aliphatic rings. The number of aromatic nitrogens is 3. The number of amides is 1. The molecule has 30 heavy (non-hydrogen) atoms. The van der Waals surface area contributed by atoms with Crippen molar-refractivity contribution in [2.45, 2.75) is 19.4 Å². The first-order chi connectivity index (χ1) is 14.3. The van der Waals surface area contributed by atoms with Gasteiger partial charge in [0.2, 0.25) is 0 Å². The molecule has 4 aromatic rings. The van der Waals surface area contributed by atoms with Crippen LogP contribution in [-0.4, -0.2) is 26.5 Å². The predicted octanol–water partition coefficient (Wildman–Crippen LogP) is 5.52. The zero-order valence-corrected chi connectivity index (χ0v) is 17.8. The van der Waals surface area contributed by atoms with Crippen LogP contribution in [0.25, 0.3) is 16.7 Å². The lowest BCUT2D eigenvalue weighted by molar-refractivity contribution is -0.128. The van der Waals surface area contributed by atoms with E-state index in [0.29, 0.717) is 32.5 Å². The van der Waals surface area contributed by atoms with E-state index in [1.54, 1.807) is 68.4 Å². The summed E-state index contributed by atoms with van der Waals surface area (Å²) in [5.41, 5.74) is 1.66. The maximum absolute atomic E-state index is 12.8. The van der Waals surface area contributed by atoms with E-state index in [2.05, 4.69) is 15.5 Å². The second kappa shape index (κ2) is 7.97. The molecule has 8 heteroatoms. The predicted molar refractivity (Wildman–Crippen MR) is 119 cm³/mol.